The van der Waals surface area contributed by atoms with Gasteiger partial charge in [0.15, 0.2) is 0 Å². The van der Waals surface area contributed by atoms with Crippen LogP contribution in [-0.4, -0.2) is 39.3 Å². The quantitative estimate of drug-likeness (QED) is 0.484. The number of pyridine rings is 1. The maximum atomic E-state index is 13.6. The zero-order valence-electron chi connectivity index (χ0n) is 22.0. The standard InChI is InChI=1S/C32H33FN4O2/c33-27-9-8-25-18-37(19-26(25)12-27)29(38)17-35-31-13-21-11-22(14-31)16-32(15-21,20-31)36-30(39)24-6-4-23(5-7-24)28-3-1-2-10-34-28/h1-10,12,21-22,35H,11,13-20H2,(H,36,39). The van der Waals surface area contributed by atoms with Crippen molar-refractivity contribution in [2.45, 2.75) is 62.7 Å². The highest BCUT2D eigenvalue weighted by atomic mass is 19.1. The average molecular weight is 525 g/mol. The fourth-order valence-electron chi connectivity index (χ4n) is 8.17. The topological polar surface area (TPSA) is 74.3 Å². The number of fused-ring (bicyclic) bond motifs is 1. The number of benzene rings is 2. The number of halogens is 1. The third kappa shape index (κ3) is 4.63. The minimum absolute atomic E-state index is 0.0298. The molecule has 2 amide bonds. The highest BCUT2D eigenvalue weighted by Crippen LogP contribution is 2.57. The fourth-order valence-corrected chi connectivity index (χ4v) is 8.17. The van der Waals surface area contributed by atoms with E-state index in [9.17, 15) is 14.0 Å². The van der Waals surface area contributed by atoms with Crippen molar-refractivity contribution in [1.82, 2.24) is 20.5 Å². The van der Waals surface area contributed by atoms with Crippen molar-refractivity contribution in [3.05, 3.63) is 89.4 Å². The summed E-state index contributed by atoms with van der Waals surface area (Å²) in [7, 11) is 0. The molecule has 3 aromatic rings. The van der Waals surface area contributed by atoms with E-state index in [2.05, 4.69) is 15.6 Å². The van der Waals surface area contributed by atoms with Gasteiger partial charge in [0.05, 0.1) is 12.2 Å². The zero-order valence-corrected chi connectivity index (χ0v) is 22.0. The highest BCUT2D eigenvalue weighted by molar-refractivity contribution is 5.95. The van der Waals surface area contributed by atoms with Crippen LogP contribution in [-0.2, 0) is 17.9 Å². The summed E-state index contributed by atoms with van der Waals surface area (Å²) < 4.78 is 13.6. The number of nitrogens with one attached hydrogen (secondary N) is 2. The van der Waals surface area contributed by atoms with Crippen molar-refractivity contribution in [2.75, 3.05) is 6.54 Å². The van der Waals surface area contributed by atoms with E-state index < -0.39 is 0 Å². The van der Waals surface area contributed by atoms with Crippen LogP contribution in [0, 0.1) is 17.7 Å². The predicted molar refractivity (Wildman–Crippen MR) is 146 cm³/mol. The molecule has 2 N–H and O–H groups in total. The summed E-state index contributed by atoms with van der Waals surface area (Å²) in [5.41, 5.74) is 4.08. The second-order valence-electron chi connectivity index (χ2n) is 12.3. The molecule has 0 spiro atoms. The Hall–Kier alpha value is -3.58. The molecule has 7 heteroatoms. The number of carbonyl (C=O) groups is 2. The smallest absolute Gasteiger partial charge is 0.251 e. The van der Waals surface area contributed by atoms with E-state index in [1.54, 1.807) is 12.3 Å². The van der Waals surface area contributed by atoms with E-state index in [1.165, 1.54) is 18.6 Å². The Morgan fingerprint density at radius 2 is 1.67 bits per heavy atom. The van der Waals surface area contributed by atoms with Gasteiger partial charge in [0, 0.05) is 41.5 Å². The van der Waals surface area contributed by atoms with Gasteiger partial charge in [0.1, 0.15) is 5.82 Å². The Bertz CT molecular complexity index is 1410. The third-order valence-corrected chi connectivity index (χ3v) is 9.41. The van der Waals surface area contributed by atoms with Crippen molar-refractivity contribution >= 4 is 11.8 Å². The second-order valence-corrected chi connectivity index (χ2v) is 12.3. The molecule has 2 atom stereocenters. The van der Waals surface area contributed by atoms with Gasteiger partial charge in [0.25, 0.3) is 5.91 Å². The van der Waals surface area contributed by atoms with Gasteiger partial charge in [0.2, 0.25) is 5.91 Å². The molecule has 4 aliphatic carbocycles. The Balaban J connectivity index is 1.02. The monoisotopic (exact) mass is 524 g/mol. The molecule has 4 saturated carbocycles. The van der Waals surface area contributed by atoms with Gasteiger partial charge in [-0.15, -0.1) is 0 Å². The lowest BCUT2D eigenvalue weighted by Gasteiger charge is -2.62. The summed E-state index contributed by atoms with van der Waals surface area (Å²) in [5.74, 6) is 0.872. The molecule has 5 aliphatic rings. The van der Waals surface area contributed by atoms with Gasteiger partial charge in [-0.05, 0) is 97.9 Å². The van der Waals surface area contributed by atoms with Crippen LogP contribution in [0.2, 0.25) is 0 Å². The summed E-state index contributed by atoms with van der Waals surface area (Å²) in [4.78, 5) is 32.8. The maximum absolute atomic E-state index is 13.6. The maximum Gasteiger partial charge on any atom is 0.251 e. The first-order valence-electron chi connectivity index (χ1n) is 14.0. The molecule has 2 unspecified atom stereocenters. The average Bonchev–Trinajstić information content (AvgIpc) is 3.35. The summed E-state index contributed by atoms with van der Waals surface area (Å²) in [6.07, 6.45) is 7.95. The molecule has 8 rings (SSSR count). The van der Waals surface area contributed by atoms with Gasteiger partial charge in [-0.1, -0.05) is 24.3 Å². The highest BCUT2D eigenvalue weighted by Gasteiger charge is 2.58. The lowest BCUT2D eigenvalue weighted by molar-refractivity contribution is -0.132. The third-order valence-electron chi connectivity index (χ3n) is 9.41. The van der Waals surface area contributed by atoms with Crippen molar-refractivity contribution in [3.8, 4) is 11.3 Å². The lowest BCUT2D eigenvalue weighted by Crippen LogP contribution is -2.69. The minimum atomic E-state index is -0.258. The summed E-state index contributed by atoms with van der Waals surface area (Å²) in [5, 5.41) is 7.14. The molecule has 4 fully saturated rings. The zero-order chi connectivity index (χ0) is 26.6. The normalized spacial score (nSPS) is 28.4. The molecular formula is C32H33FN4O2. The lowest BCUT2D eigenvalue weighted by atomic mass is 9.50. The molecule has 200 valence electrons. The van der Waals surface area contributed by atoms with Crippen LogP contribution in [0.15, 0.2) is 66.9 Å². The number of carbonyl (C=O) groups excluding carboxylic acids is 2. The van der Waals surface area contributed by atoms with E-state index in [0.29, 0.717) is 30.5 Å². The van der Waals surface area contributed by atoms with E-state index in [1.807, 2.05) is 47.4 Å². The van der Waals surface area contributed by atoms with E-state index in [0.717, 1.165) is 54.5 Å². The van der Waals surface area contributed by atoms with Crippen LogP contribution in [0.1, 0.15) is 60.0 Å². The largest absolute Gasteiger partial charge is 0.347 e. The Morgan fingerprint density at radius 1 is 0.923 bits per heavy atom. The molecule has 2 heterocycles. The number of hydrogen-bond donors (Lipinski definition) is 2. The molecule has 4 bridgehead atoms. The molecule has 39 heavy (non-hydrogen) atoms. The fraction of sp³-hybridized carbons (Fsp3) is 0.406. The number of amides is 2. The van der Waals surface area contributed by atoms with Crippen molar-refractivity contribution in [2.24, 2.45) is 11.8 Å². The van der Waals surface area contributed by atoms with Crippen molar-refractivity contribution in [3.63, 3.8) is 0 Å². The van der Waals surface area contributed by atoms with Crippen LogP contribution in [0.3, 0.4) is 0 Å². The van der Waals surface area contributed by atoms with Crippen LogP contribution < -0.4 is 10.6 Å². The van der Waals surface area contributed by atoms with Crippen LogP contribution in [0.4, 0.5) is 4.39 Å². The molecular weight excluding hydrogens is 491 g/mol. The molecule has 2 aromatic carbocycles. The van der Waals surface area contributed by atoms with E-state index in [4.69, 9.17) is 0 Å². The van der Waals surface area contributed by atoms with Crippen LogP contribution in [0.5, 0.6) is 0 Å². The predicted octanol–water partition coefficient (Wildman–Crippen LogP) is 4.84. The van der Waals surface area contributed by atoms with Gasteiger partial charge < -0.3 is 15.5 Å². The van der Waals surface area contributed by atoms with Gasteiger partial charge in [-0.3, -0.25) is 14.6 Å². The number of aromatic nitrogens is 1. The first-order chi connectivity index (χ1) is 18.9. The first-order valence-corrected chi connectivity index (χ1v) is 14.0. The Kier molecular flexibility index (Phi) is 5.81. The molecule has 6 nitrogen and oxygen atoms in total. The number of nitrogens with zero attached hydrogens (tertiary/aromatic N) is 2. The SMILES string of the molecule is O=C(NC12CC3CC(CC(NCC(=O)N4Cc5ccc(F)cc5C4)(C3)C1)C2)c1ccc(-c2ccccn2)cc1. The summed E-state index contributed by atoms with van der Waals surface area (Å²) >= 11 is 0. The number of rotatable bonds is 6. The Morgan fingerprint density at radius 3 is 2.41 bits per heavy atom. The van der Waals surface area contributed by atoms with Gasteiger partial charge in [-0.2, -0.15) is 0 Å². The van der Waals surface area contributed by atoms with Crippen molar-refractivity contribution < 1.29 is 14.0 Å². The molecule has 1 aromatic heterocycles. The van der Waals surface area contributed by atoms with Crippen molar-refractivity contribution in [1.29, 1.82) is 0 Å². The Labute approximate surface area is 228 Å². The number of hydrogen-bond acceptors (Lipinski definition) is 4. The molecule has 0 saturated heterocycles. The van der Waals surface area contributed by atoms with E-state index in [-0.39, 0.29) is 35.3 Å². The van der Waals surface area contributed by atoms with Gasteiger partial charge in [-0.25, -0.2) is 4.39 Å². The minimum Gasteiger partial charge on any atom is -0.347 e. The summed E-state index contributed by atoms with van der Waals surface area (Å²) in [6, 6.07) is 18.3. The second kappa shape index (κ2) is 9.26. The summed E-state index contributed by atoms with van der Waals surface area (Å²) in [6.45, 7) is 1.27. The van der Waals surface area contributed by atoms with Crippen LogP contribution >= 0.6 is 0 Å². The molecule has 0 radical (unpaired) electrons. The van der Waals surface area contributed by atoms with Crippen LogP contribution in [0.25, 0.3) is 11.3 Å². The first kappa shape index (κ1) is 24.5. The molecule has 1 aliphatic heterocycles. The van der Waals surface area contributed by atoms with Gasteiger partial charge >= 0.3 is 0 Å². The van der Waals surface area contributed by atoms with E-state index >= 15 is 0 Å².